The number of hydrogen-bond acceptors (Lipinski definition) is 18. The van der Waals surface area contributed by atoms with Crippen molar-refractivity contribution in [3.63, 3.8) is 0 Å². The Kier molecular flexibility index (Phi) is 24.3. The van der Waals surface area contributed by atoms with E-state index in [1.165, 1.54) is 32.4 Å². The summed E-state index contributed by atoms with van der Waals surface area (Å²) in [6, 6.07) is 9.03. The number of methoxy groups -OCH3 is 2. The molecule has 5 aromatic carbocycles. The molecule has 7 rings (SSSR count). The summed E-state index contributed by atoms with van der Waals surface area (Å²) in [6.45, 7) is 5.28. The zero-order valence-electron chi connectivity index (χ0n) is 50.6. The molecule has 508 valence electrons. The number of carbonyl (C=O) groups excluding carboxylic acids is 1. The average Bonchev–Trinajstić information content (AvgIpc) is 1.60. The van der Waals surface area contributed by atoms with Crippen molar-refractivity contribution in [2.24, 2.45) is 0 Å². The summed E-state index contributed by atoms with van der Waals surface area (Å²) in [6.07, 6.45) is 11.3. The monoisotopic (exact) mass is 1410 g/mol. The van der Waals surface area contributed by atoms with Crippen LogP contribution in [0.5, 0.6) is 5.75 Å². The molecule has 0 amide bonds. The number of ether oxygens (including phenoxy) is 6. The molecule has 0 aliphatic carbocycles. The number of nitrogens with zero attached hydrogens (tertiary/aromatic N) is 2. The number of esters is 1. The lowest BCUT2D eigenvalue weighted by Crippen LogP contribution is -2.32. The number of rotatable bonds is 34. The molecule has 0 saturated heterocycles. The van der Waals surface area contributed by atoms with Crippen LogP contribution in [-0.4, -0.2) is 167 Å². The first-order valence-corrected chi connectivity index (χ1v) is 35.9. The van der Waals surface area contributed by atoms with Crippen molar-refractivity contribution in [2.75, 3.05) is 90.8 Å². The van der Waals surface area contributed by atoms with Crippen molar-refractivity contribution < 1.29 is 120 Å². The van der Waals surface area contributed by atoms with Gasteiger partial charge in [0.1, 0.15) is 16.4 Å². The minimum atomic E-state index is -5.18. The van der Waals surface area contributed by atoms with Crippen molar-refractivity contribution in [3.05, 3.63) is 137 Å². The van der Waals surface area contributed by atoms with E-state index in [2.05, 4.69) is 4.74 Å². The van der Waals surface area contributed by atoms with Gasteiger partial charge in [0.2, 0.25) is 23.1 Å². The van der Waals surface area contributed by atoms with Crippen LogP contribution in [0.4, 0.5) is 28.9 Å². The van der Waals surface area contributed by atoms with E-state index < -0.39 is 128 Å². The predicted molar refractivity (Wildman–Crippen MR) is 331 cm³/mol. The van der Waals surface area contributed by atoms with E-state index in [9.17, 15) is 87.2 Å². The predicted octanol–water partition coefficient (Wildman–Crippen LogP) is 8.79. The van der Waals surface area contributed by atoms with Gasteiger partial charge in [-0.1, -0.05) is 42.9 Å². The number of halogens is 4. The first-order chi connectivity index (χ1) is 43.6. The molecule has 5 aromatic rings. The molecule has 93 heavy (non-hydrogen) atoms. The van der Waals surface area contributed by atoms with Crippen LogP contribution in [0.25, 0.3) is 21.5 Å². The summed E-state index contributed by atoms with van der Waals surface area (Å²) in [5.41, 5.74) is -0.225. The van der Waals surface area contributed by atoms with Crippen LogP contribution in [0.2, 0.25) is 0 Å². The van der Waals surface area contributed by atoms with Gasteiger partial charge in [0, 0.05) is 85.1 Å². The van der Waals surface area contributed by atoms with E-state index in [0.717, 1.165) is 12.1 Å². The smallest absolute Gasteiger partial charge is 0.311 e. The number of benzene rings is 5. The zero-order chi connectivity index (χ0) is 68.5. The summed E-state index contributed by atoms with van der Waals surface area (Å²) < 4.78 is 268. The SMILES string of the molecule is COCCOCCOCCOCCC1(C)C(=CC=CC=CC=CC2=[N+](CCOC)c3ccc4c(S(=O)(=O)O)cc(S(=O)(=O)O)cc4c3C2(C)CCCS(=O)(=O)O)N(CCCCCC(=O)Oc2c(F)c(F)cc(F)c2F)c2ccc3c(S(=O)(=O)O)cc(S(=O)(=O)O)cc3c21. The third-order valence-electron chi connectivity index (χ3n) is 15.7. The van der Waals surface area contributed by atoms with E-state index >= 15 is 0 Å². The normalized spacial score (nSPS) is 17.8. The Morgan fingerprint density at radius 1 is 0.559 bits per heavy atom. The van der Waals surface area contributed by atoms with E-state index in [1.54, 1.807) is 67.0 Å². The Labute approximate surface area is 535 Å². The number of carbonyl (C=O) groups is 1. The van der Waals surface area contributed by atoms with Gasteiger partial charge in [0.15, 0.2) is 23.9 Å². The van der Waals surface area contributed by atoms with Crippen molar-refractivity contribution in [2.45, 2.75) is 89.2 Å². The second-order valence-electron chi connectivity index (χ2n) is 21.9. The number of fused-ring (bicyclic) bond motifs is 6. The van der Waals surface area contributed by atoms with Gasteiger partial charge in [0.25, 0.3) is 50.6 Å². The molecule has 0 aromatic heterocycles. The first kappa shape index (κ1) is 74.0. The topological polar surface area (TPSA) is 351 Å². The maximum absolute atomic E-state index is 14.4. The molecule has 2 unspecified atom stereocenters. The summed E-state index contributed by atoms with van der Waals surface area (Å²) in [7, 11) is -22.1. The van der Waals surface area contributed by atoms with Crippen molar-refractivity contribution in [1.29, 1.82) is 0 Å². The van der Waals surface area contributed by atoms with Crippen LogP contribution in [0, 0.1) is 23.3 Å². The summed E-state index contributed by atoms with van der Waals surface area (Å²) in [5.74, 6) is -10.9. The molecule has 24 nitrogen and oxygen atoms in total. The van der Waals surface area contributed by atoms with E-state index in [4.69, 9.17) is 23.7 Å². The van der Waals surface area contributed by atoms with E-state index in [0.29, 0.717) is 53.7 Å². The minimum absolute atomic E-state index is 0.000696. The highest BCUT2D eigenvalue weighted by Crippen LogP contribution is 2.54. The highest BCUT2D eigenvalue weighted by molar-refractivity contribution is 7.87. The molecule has 0 radical (unpaired) electrons. The molecule has 2 atom stereocenters. The maximum atomic E-state index is 14.4. The number of allylic oxidation sites excluding steroid dienone is 8. The minimum Gasteiger partial charge on any atom is -0.420 e. The van der Waals surface area contributed by atoms with Crippen molar-refractivity contribution in [1.82, 2.24) is 0 Å². The maximum Gasteiger partial charge on any atom is 0.311 e. The van der Waals surface area contributed by atoms with Crippen LogP contribution in [0.15, 0.2) is 122 Å². The van der Waals surface area contributed by atoms with Crippen LogP contribution in [0.3, 0.4) is 0 Å². The van der Waals surface area contributed by atoms with Gasteiger partial charge in [-0.15, -0.1) is 0 Å². The summed E-state index contributed by atoms with van der Waals surface area (Å²) >= 11 is 0. The van der Waals surface area contributed by atoms with Crippen LogP contribution >= 0.6 is 0 Å². The van der Waals surface area contributed by atoms with Crippen LogP contribution < -0.4 is 9.64 Å². The van der Waals surface area contributed by atoms with Gasteiger partial charge in [-0.2, -0.15) is 55.4 Å². The fraction of sp³-hybridized carbons (Fsp3) is 0.400. The Hall–Kier alpha value is -6.41. The molecule has 2 aliphatic heterocycles. The lowest BCUT2D eigenvalue weighted by molar-refractivity contribution is -0.441. The second kappa shape index (κ2) is 30.5. The molecular weight excluding hydrogens is 1340 g/mol. The van der Waals surface area contributed by atoms with Gasteiger partial charge in [-0.05, 0) is 105 Å². The molecule has 0 saturated carbocycles. The third kappa shape index (κ3) is 17.7. The van der Waals surface area contributed by atoms with Gasteiger partial charge in [-0.25, -0.2) is 8.78 Å². The highest BCUT2D eigenvalue weighted by Gasteiger charge is 2.50. The van der Waals surface area contributed by atoms with Crippen LogP contribution in [0.1, 0.15) is 69.9 Å². The summed E-state index contributed by atoms with van der Waals surface area (Å²) in [4.78, 5) is 11.2. The van der Waals surface area contributed by atoms with Gasteiger partial charge >= 0.3 is 5.97 Å². The lowest BCUT2D eigenvalue weighted by Gasteiger charge is -2.31. The fourth-order valence-electron chi connectivity index (χ4n) is 11.5. The number of anilines is 1. The summed E-state index contributed by atoms with van der Waals surface area (Å²) in [5, 5.41) is -0.290. The Balaban J connectivity index is 1.29. The third-order valence-corrected chi connectivity index (χ3v) is 19.9. The molecule has 2 heterocycles. The van der Waals surface area contributed by atoms with E-state index in [-0.39, 0.29) is 124 Å². The zero-order valence-corrected chi connectivity index (χ0v) is 54.7. The standard InChI is InChI=1S/C60H68F4N2O22S5/c1-59(21-13-33-89(68,69)70)51(66(24-26-83-3)48-20-18-41-43(54(48)59)34-39(90(71,72)73)36-49(41)92(77,78)79)14-9-6-5-7-10-15-52-60(2,22-25-85-29-30-87-32-31-86-28-27-84-4)55-44-35-40(91(74,75)76)37-50(93(80,81)82)42(44)17-19-47(55)65(52)23-12-8-11-16-53(67)88-58-56(63)45(61)38-46(62)57(58)64/h5-7,9-10,14-15,17-20,34-38H,8,11-13,16,21-33H2,1-4H3,(H4-,68,69,70,71,72,73,74,75,76,77,78,79,80,81,82)/p+1. The average molecular weight is 1410 g/mol. The Morgan fingerprint density at radius 3 is 1.63 bits per heavy atom. The van der Waals surface area contributed by atoms with Crippen molar-refractivity contribution >= 4 is 95.2 Å². The molecule has 33 heteroatoms. The van der Waals surface area contributed by atoms with Crippen molar-refractivity contribution in [3.8, 4) is 5.75 Å². The Morgan fingerprint density at radius 2 is 1.09 bits per heavy atom. The first-order valence-electron chi connectivity index (χ1n) is 28.6. The van der Waals surface area contributed by atoms with Crippen LogP contribution in [-0.2, 0) is 89.9 Å². The number of hydrogen-bond donors (Lipinski definition) is 5. The largest absolute Gasteiger partial charge is 0.420 e. The van der Waals surface area contributed by atoms with Gasteiger partial charge in [-0.3, -0.25) is 27.6 Å². The second-order valence-corrected chi connectivity index (χ2v) is 29.1. The van der Waals surface area contributed by atoms with Gasteiger partial charge in [0.05, 0.1) is 60.6 Å². The molecule has 0 fully saturated rings. The molecule has 2 aliphatic rings. The van der Waals surface area contributed by atoms with E-state index in [1.807, 2.05) is 4.90 Å². The lowest BCUT2D eigenvalue weighted by atomic mass is 9.74. The molecule has 0 spiro atoms. The van der Waals surface area contributed by atoms with Gasteiger partial charge < -0.3 is 33.3 Å². The fourth-order valence-corrected chi connectivity index (χ4v) is 14.7. The number of unbranched alkanes of at least 4 members (excludes halogenated alkanes) is 2. The molecule has 5 N–H and O–H groups in total. The Bertz CT molecular complexity index is 4400. The molecular formula is C60H69F4N2O22S5+. The highest BCUT2D eigenvalue weighted by atomic mass is 32.2. The molecule has 0 bridgehead atoms. The quantitative estimate of drug-likeness (QED) is 0.00375.